The molecular weight excluding hydrogens is 1810 g/mol. The van der Waals surface area contributed by atoms with Crippen LogP contribution in [-0.2, 0) is 0 Å². The van der Waals surface area contributed by atoms with Crippen LogP contribution in [0, 0.1) is 49.4 Å². The van der Waals surface area contributed by atoms with Gasteiger partial charge in [-0.2, -0.15) is 0 Å². The molecule has 2 aliphatic rings. The Kier molecular flexibility index (Phi) is 38.2. The maximum atomic E-state index is 14.1. The van der Waals surface area contributed by atoms with E-state index in [0.29, 0.717) is 84.1 Å². The van der Waals surface area contributed by atoms with Gasteiger partial charge in [-0.3, -0.25) is 29.0 Å². The quantitative estimate of drug-likeness (QED) is 0.0274. The van der Waals surface area contributed by atoms with Crippen LogP contribution in [0.15, 0.2) is 31.8 Å². The number of hydrogen-bond donors (Lipinski definition) is 0. The number of fused-ring (bicyclic) bond motifs is 6. The first-order chi connectivity index (χ1) is 51.6. The molecule has 10 nitrogen and oxygen atoms in total. The molecule has 0 spiro atoms. The van der Waals surface area contributed by atoms with Gasteiger partial charge in [0, 0.05) is 38.5 Å². The number of aryl methyl sites for hydroxylation is 2. The van der Waals surface area contributed by atoms with Gasteiger partial charge in [0.25, 0.3) is 23.6 Å². The Morgan fingerprint density at radius 2 is 0.661 bits per heavy atom. The molecule has 6 atom stereocenters. The zero-order chi connectivity index (χ0) is 78.9. The van der Waals surface area contributed by atoms with Crippen molar-refractivity contribution in [2.75, 3.05) is 39.5 Å². The van der Waals surface area contributed by atoms with Crippen LogP contribution in [0.2, 0.25) is 29.6 Å². The first kappa shape index (κ1) is 93.9. The molecule has 8 aromatic rings. The zero-order valence-electron chi connectivity index (χ0n) is 69.4. The summed E-state index contributed by atoms with van der Waals surface area (Å²) in [7, 11) is 0. The summed E-state index contributed by atoms with van der Waals surface area (Å²) in [5.41, 5.74) is 2.24. The van der Waals surface area contributed by atoms with E-state index < -0.39 is 36.8 Å². The summed E-state index contributed by atoms with van der Waals surface area (Å²) < 4.78 is 37.2. The number of carbonyl (C=O) groups excluding carboxylic acids is 4. The van der Waals surface area contributed by atoms with Crippen molar-refractivity contribution in [3.63, 3.8) is 0 Å². The molecule has 2 aromatic carbocycles. The van der Waals surface area contributed by atoms with Gasteiger partial charge < -0.3 is 9.47 Å². The SMILES string of the molecule is C.CCCCC(CC)CN1C(=O)c2c(Br)sc(Br)c2C1=O.CCCCC(CC)COc1c2c[c]([Sn]([CH3])([CH3])[CH3])sc2c(OCC(CC)CCCC)c2c[c]([Sn]([CH3])([CH3])[CH3])sc12.CCCCC(CC)COc1c2cc(-c3sc(C)c4c3C(=O)N(CC(CC)CCCC)C4=O)sc2c(OCC(CC)CCCC)c2cc(C)sc12. The monoisotopic (exact) mass is 1950 g/mol. The van der Waals surface area contributed by atoms with Gasteiger partial charge in [-0.1, -0.05) is 140 Å². The summed E-state index contributed by atoms with van der Waals surface area (Å²) in [6.07, 6.45) is 27.9. The minimum Gasteiger partial charge on any atom is -0.491 e. The molecule has 4 amide bonds. The topological polar surface area (TPSA) is 112 Å². The number of unbranched alkanes of at least 4 members (excludes halogenated alkanes) is 6. The van der Waals surface area contributed by atoms with Crippen molar-refractivity contribution in [2.24, 2.45) is 35.5 Å². The molecule has 8 heterocycles. The maximum Gasteiger partial charge on any atom is 0.263 e. The Morgan fingerprint density at radius 3 is 0.991 bits per heavy atom. The number of benzene rings is 2. The minimum absolute atomic E-state index is 0. The number of thiophene rings is 6. The molecule has 0 N–H and O–H groups in total. The molecule has 0 radical (unpaired) electrons. The van der Waals surface area contributed by atoms with E-state index in [0.717, 1.165) is 143 Å². The Balaban J connectivity index is 0.000000246. The van der Waals surface area contributed by atoms with E-state index >= 15 is 0 Å². The van der Waals surface area contributed by atoms with Crippen LogP contribution >= 0.6 is 99.9 Å². The van der Waals surface area contributed by atoms with Gasteiger partial charge in [-0.25, -0.2) is 0 Å². The average Bonchev–Trinajstić information content (AvgIpc) is 1.60. The van der Waals surface area contributed by atoms with E-state index in [2.05, 4.69) is 176 Å². The standard InChI is InChI=1S/C42H59NO4S3.C26H36O2S2.C14H17Br2NO2S.CH4.6CH3.2Sn/c1-9-15-18-28(12-4)23-43-41(44)34-27(8)49-40(35(34)42(43)45)33-22-32-37(47-25-30(14-6)20-17-11-3)38-31(21-26(7)48-38)36(39(32)50-33)46-24-29(13-5)19-16-10-2;1-5-9-11-19(7-3)17-27-23-21-13-15-30-26(21)24(22-14-16-29-25(22)23)28-18-20(8-4)12-10-6-2;1-3-5-6-8(4-2)7-17-13(18)9-10(14(17)19)12(16)20-11(9)15;;;;;;;;;/h21-22,28-30H,9-20,23-25H2,1-8H3;13-14,19-20H,5-12,17-18H2,1-4H3;8H,3-7H2,1-2H3;1H4;6*1H3;;. The molecule has 6 aromatic heterocycles. The maximum absolute atomic E-state index is 14.1. The molecule has 2 aliphatic heterocycles. The Bertz CT molecular complexity index is 4020. The molecule has 0 saturated heterocycles. The summed E-state index contributed by atoms with van der Waals surface area (Å²) in [4.78, 5) is 75.0. The molecule has 109 heavy (non-hydrogen) atoms. The van der Waals surface area contributed by atoms with E-state index in [1.54, 1.807) is 39.8 Å². The third kappa shape index (κ3) is 23.1. The molecule has 10 rings (SSSR count). The second kappa shape index (κ2) is 44.3. The van der Waals surface area contributed by atoms with Crippen molar-refractivity contribution in [1.29, 1.82) is 0 Å². The summed E-state index contributed by atoms with van der Waals surface area (Å²) in [5.74, 6) is 6.58. The number of ether oxygens (including phenoxy) is 4. The number of rotatable bonds is 43. The number of carbonyl (C=O) groups is 4. The fraction of sp³-hybridized carbons (Fsp3) is 0.640. The second-order valence-corrected chi connectivity index (χ2v) is 72.9. The van der Waals surface area contributed by atoms with Gasteiger partial charge in [-0.15, -0.1) is 45.3 Å². The second-order valence-electron chi connectivity index (χ2n) is 32.8. The zero-order valence-corrected chi connectivity index (χ0v) is 83.1. The van der Waals surface area contributed by atoms with E-state index in [1.165, 1.54) is 136 Å². The molecule has 0 saturated carbocycles. The Labute approximate surface area is 706 Å². The fourth-order valence-corrected chi connectivity index (χ4v) is 34.0. The largest absolute Gasteiger partial charge is 0.491 e. The van der Waals surface area contributed by atoms with Crippen molar-refractivity contribution < 1.29 is 38.1 Å². The summed E-state index contributed by atoms with van der Waals surface area (Å²) in [6, 6.07) is 9.51. The average molecular weight is 1950 g/mol. The molecule has 0 aliphatic carbocycles. The van der Waals surface area contributed by atoms with Gasteiger partial charge in [0.15, 0.2) is 0 Å². The van der Waals surface area contributed by atoms with Gasteiger partial charge in [0.2, 0.25) is 0 Å². The fourth-order valence-electron chi connectivity index (χ4n) is 14.7. The van der Waals surface area contributed by atoms with Crippen molar-refractivity contribution in [2.45, 2.75) is 288 Å². The molecule has 606 valence electrons. The molecule has 20 heteroatoms. The van der Waals surface area contributed by atoms with Crippen LogP contribution < -0.4 is 24.7 Å². The van der Waals surface area contributed by atoms with Gasteiger partial charge in [0.1, 0.15) is 11.5 Å². The van der Waals surface area contributed by atoms with Gasteiger partial charge in [-0.05, 0) is 107 Å². The van der Waals surface area contributed by atoms with E-state index in [1.807, 2.05) is 29.6 Å². The molecule has 0 bridgehead atoms. The summed E-state index contributed by atoms with van der Waals surface area (Å²) >= 11 is 12.7. The van der Waals surface area contributed by atoms with Crippen molar-refractivity contribution in [3.05, 3.63) is 63.8 Å². The third-order valence-corrected chi connectivity index (χ3v) is 49.4. The predicted octanol–water partition coefficient (Wildman–Crippen LogP) is 29.6. The number of amides is 4. The van der Waals surface area contributed by atoms with Crippen LogP contribution in [0.3, 0.4) is 0 Å². The van der Waals surface area contributed by atoms with Crippen LogP contribution in [0.4, 0.5) is 0 Å². The predicted molar refractivity (Wildman–Crippen MR) is 492 cm³/mol. The van der Waals surface area contributed by atoms with Crippen LogP contribution in [0.25, 0.3) is 50.1 Å². The van der Waals surface area contributed by atoms with Crippen molar-refractivity contribution in [1.82, 2.24) is 9.80 Å². The summed E-state index contributed by atoms with van der Waals surface area (Å²) in [5, 5.41) is 4.82. The first-order valence-corrected chi connectivity index (χ1v) is 68.0. The van der Waals surface area contributed by atoms with Crippen LogP contribution in [-0.4, -0.2) is 110 Å². The van der Waals surface area contributed by atoms with Gasteiger partial charge >= 0.3 is 252 Å². The van der Waals surface area contributed by atoms with Crippen molar-refractivity contribution in [3.8, 4) is 32.8 Å². The Hall–Kier alpha value is -2.28. The summed E-state index contributed by atoms with van der Waals surface area (Å²) in [6.45, 7) is 35.1. The van der Waals surface area contributed by atoms with Crippen LogP contribution in [0.5, 0.6) is 23.0 Å². The normalized spacial score (nSPS) is 14.8. The van der Waals surface area contributed by atoms with E-state index in [4.69, 9.17) is 18.9 Å². The van der Waals surface area contributed by atoms with E-state index in [9.17, 15) is 19.2 Å². The number of hydrogen-bond acceptors (Lipinski definition) is 14. The minimum atomic E-state index is -2.28. The Morgan fingerprint density at radius 1 is 0.367 bits per heavy atom. The number of imide groups is 2. The van der Waals surface area contributed by atoms with Crippen LogP contribution in [0.1, 0.15) is 296 Å². The smallest absolute Gasteiger partial charge is 0.263 e. The van der Waals surface area contributed by atoms with E-state index in [-0.39, 0.29) is 31.1 Å². The first-order valence-electron chi connectivity index (χ1n) is 41.5. The van der Waals surface area contributed by atoms with Gasteiger partial charge in [0.05, 0.1) is 57.3 Å². The number of nitrogens with zero attached hydrogens (tertiary/aromatic N) is 2. The third-order valence-electron chi connectivity index (χ3n) is 22.3. The molecule has 0 fully saturated rings. The molecule has 6 unspecified atom stereocenters. The number of halogens is 2. The molecular formula is C89H134Br2N2O8S6Sn2. The van der Waals surface area contributed by atoms with Crippen molar-refractivity contribution >= 4 is 206 Å².